The lowest BCUT2D eigenvalue weighted by atomic mass is 10.3. The number of hydrogen-bond acceptors (Lipinski definition) is 12. The Labute approximate surface area is 170 Å². The van der Waals surface area contributed by atoms with Crippen LogP contribution in [0.2, 0.25) is 0 Å². The third kappa shape index (κ3) is 7.40. The number of ether oxygens (including phenoxy) is 2. The van der Waals surface area contributed by atoms with Gasteiger partial charge < -0.3 is 20.5 Å². The number of hydrogen-bond donors (Lipinski definition) is 2. The molecule has 10 nitrogen and oxygen atoms in total. The van der Waals surface area contributed by atoms with Crippen molar-refractivity contribution in [3.8, 4) is 0 Å². The molecule has 0 saturated carbocycles. The van der Waals surface area contributed by atoms with Crippen molar-refractivity contribution in [2.75, 3.05) is 31.3 Å². The SMILES string of the molecule is C.CCOC(=O)C(=O)c1csc(N)n1.CCOC(=O)C(=O)c1csc(NC)n1. The van der Waals surface area contributed by atoms with Crippen molar-refractivity contribution < 1.29 is 28.7 Å². The largest absolute Gasteiger partial charge is 0.460 e. The highest BCUT2D eigenvalue weighted by Gasteiger charge is 2.20. The smallest absolute Gasteiger partial charge is 0.381 e. The van der Waals surface area contributed by atoms with E-state index in [-0.39, 0.29) is 37.2 Å². The van der Waals surface area contributed by atoms with E-state index in [1.807, 2.05) is 0 Å². The zero-order valence-corrected chi connectivity index (χ0v) is 16.4. The number of aromatic nitrogens is 2. The van der Waals surface area contributed by atoms with Gasteiger partial charge in [-0.3, -0.25) is 9.59 Å². The van der Waals surface area contributed by atoms with E-state index in [4.69, 9.17) is 5.73 Å². The van der Waals surface area contributed by atoms with Gasteiger partial charge in [-0.15, -0.1) is 22.7 Å². The summed E-state index contributed by atoms with van der Waals surface area (Å²) in [6, 6.07) is 0. The minimum Gasteiger partial charge on any atom is -0.460 e. The van der Waals surface area contributed by atoms with Gasteiger partial charge in [-0.25, -0.2) is 19.6 Å². The molecule has 28 heavy (non-hydrogen) atoms. The molecule has 2 aromatic rings. The first-order chi connectivity index (χ1) is 12.8. The minimum absolute atomic E-state index is 0. The molecule has 2 aromatic heterocycles. The number of anilines is 2. The van der Waals surface area contributed by atoms with E-state index in [2.05, 4.69) is 24.8 Å². The van der Waals surface area contributed by atoms with Gasteiger partial charge in [-0.05, 0) is 13.8 Å². The number of nitrogens with zero attached hydrogens (tertiary/aromatic N) is 2. The van der Waals surface area contributed by atoms with Crippen molar-refractivity contribution in [3.63, 3.8) is 0 Å². The van der Waals surface area contributed by atoms with Crippen molar-refractivity contribution in [1.82, 2.24) is 9.97 Å². The molecule has 154 valence electrons. The number of Topliss-reactive ketones (excluding diaryl/α,β-unsaturated/α-hetero) is 2. The van der Waals surface area contributed by atoms with Gasteiger partial charge in [0.2, 0.25) is 0 Å². The lowest BCUT2D eigenvalue weighted by molar-refractivity contribution is -0.138. The van der Waals surface area contributed by atoms with Crippen LogP contribution in [0.25, 0.3) is 0 Å². The minimum atomic E-state index is -0.896. The second kappa shape index (κ2) is 12.5. The Kier molecular flexibility index (Phi) is 11.2. The zero-order valence-electron chi connectivity index (χ0n) is 14.8. The van der Waals surface area contributed by atoms with Crippen LogP contribution in [0.3, 0.4) is 0 Å². The standard InChI is InChI=1S/C8H10N2O3S.C7H8N2O3S.CH4/c1-3-13-7(12)6(11)5-4-14-8(9-2)10-5;1-2-12-6(11)5(10)4-3-13-7(8)9-4;/h4H,3H2,1-2H3,(H,9,10);3H,2H2,1H3,(H2,8,9);1H4. The summed E-state index contributed by atoms with van der Waals surface area (Å²) in [6.45, 7) is 3.63. The molecule has 0 bridgehead atoms. The van der Waals surface area contributed by atoms with Gasteiger partial charge in [0.25, 0.3) is 11.6 Å². The molecule has 0 aliphatic carbocycles. The van der Waals surface area contributed by atoms with Crippen molar-refractivity contribution in [2.24, 2.45) is 0 Å². The number of nitrogens with two attached hydrogens (primary N) is 1. The average molecular weight is 431 g/mol. The number of nitrogen functional groups attached to an aromatic ring is 1. The quantitative estimate of drug-likeness (QED) is 0.379. The Bertz CT molecular complexity index is 818. The van der Waals surface area contributed by atoms with Gasteiger partial charge in [0.1, 0.15) is 11.4 Å². The first kappa shape index (κ1) is 25.1. The molecule has 12 heteroatoms. The monoisotopic (exact) mass is 430 g/mol. The molecule has 0 radical (unpaired) electrons. The fourth-order valence-electron chi connectivity index (χ4n) is 1.49. The van der Waals surface area contributed by atoms with Gasteiger partial charge in [0.05, 0.1) is 13.2 Å². The maximum atomic E-state index is 11.3. The maximum Gasteiger partial charge on any atom is 0.381 e. The van der Waals surface area contributed by atoms with Crippen molar-refractivity contribution in [1.29, 1.82) is 0 Å². The predicted octanol–water partition coefficient (Wildman–Crippen LogP) is 2.04. The molecule has 0 fully saturated rings. The summed E-state index contributed by atoms with van der Waals surface area (Å²) in [5.41, 5.74) is 5.46. The van der Waals surface area contributed by atoms with E-state index < -0.39 is 23.5 Å². The molecule has 0 atom stereocenters. The Morgan fingerprint density at radius 3 is 1.79 bits per heavy atom. The predicted molar refractivity (Wildman–Crippen MR) is 107 cm³/mol. The zero-order chi connectivity index (χ0) is 20.4. The van der Waals surface area contributed by atoms with Crippen LogP contribution in [-0.4, -0.2) is 53.7 Å². The van der Waals surface area contributed by atoms with Crippen molar-refractivity contribution >= 4 is 56.4 Å². The van der Waals surface area contributed by atoms with Crippen LogP contribution in [0.5, 0.6) is 0 Å². The summed E-state index contributed by atoms with van der Waals surface area (Å²) < 4.78 is 9.06. The third-order valence-corrected chi connectivity index (χ3v) is 4.16. The van der Waals surface area contributed by atoms with Crippen molar-refractivity contribution in [3.05, 3.63) is 22.1 Å². The Morgan fingerprint density at radius 2 is 1.43 bits per heavy atom. The summed E-state index contributed by atoms with van der Waals surface area (Å²) in [5, 5.41) is 6.57. The van der Waals surface area contributed by atoms with Crippen LogP contribution < -0.4 is 11.1 Å². The first-order valence-corrected chi connectivity index (χ1v) is 9.37. The van der Waals surface area contributed by atoms with Gasteiger partial charge in [0.15, 0.2) is 10.3 Å². The van der Waals surface area contributed by atoms with E-state index in [0.717, 1.165) is 11.3 Å². The van der Waals surface area contributed by atoms with Crippen LogP contribution in [0.4, 0.5) is 10.3 Å². The number of carbonyl (C=O) groups is 4. The van der Waals surface area contributed by atoms with Gasteiger partial charge in [0, 0.05) is 17.8 Å². The lowest BCUT2D eigenvalue weighted by Crippen LogP contribution is -2.17. The molecular formula is C16H22N4O6S2. The molecule has 0 aliphatic heterocycles. The highest BCUT2D eigenvalue weighted by atomic mass is 32.1. The normalized spacial score (nSPS) is 9.25. The molecule has 0 spiro atoms. The third-order valence-electron chi connectivity index (χ3n) is 2.63. The number of esters is 2. The molecule has 0 unspecified atom stereocenters. The molecule has 2 heterocycles. The lowest BCUT2D eigenvalue weighted by Gasteiger charge is -1.96. The second-order valence-corrected chi connectivity index (χ2v) is 6.21. The first-order valence-electron chi connectivity index (χ1n) is 7.61. The summed E-state index contributed by atoms with van der Waals surface area (Å²) in [7, 11) is 1.69. The van der Waals surface area contributed by atoms with E-state index in [0.29, 0.717) is 5.13 Å². The maximum absolute atomic E-state index is 11.3. The topological polar surface area (TPSA) is 151 Å². The highest BCUT2D eigenvalue weighted by molar-refractivity contribution is 7.14. The summed E-state index contributed by atoms with van der Waals surface area (Å²) >= 11 is 2.37. The van der Waals surface area contributed by atoms with Gasteiger partial charge in [-0.2, -0.15) is 0 Å². The van der Waals surface area contributed by atoms with Crippen molar-refractivity contribution in [2.45, 2.75) is 21.3 Å². The number of thiazole rings is 2. The van der Waals surface area contributed by atoms with E-state index in [1.165, 1.54) is 22.1 Å². The van der Waals surface area contributed by atoms with Gasteiger partial charge in [-0.1, -0.05) is 7.43 Å². The van der Waals surface area contributed by atoms with Crippen LogP contribution in [-0.2, 0) is 19.1 Å². The van der Waals surface area contributed by atoms with E-state index in [1.54, 1.807) is 20.9 Å². The molecule has 0 aliphatic rings. The fourth-order valence-corrected chi connectivity index (χ4v) is 2.68. The molecule has 3 N–H and O–H groups in total. The molecular weight excluding hydrogens is 408 g/mol. The molecule has 0 amide bonds. The molecule has 2 rings (SSSR count). The number of rotatable bonds is 7. The highest BCUT2D eigenvalue weighted by Crippen LogP contribution is 2.15. The van der Waals surface area contributed by atoms with Gasteiger partial charge >= 0.3 is 11.9 Å². The Balaban J connectivity index is 0.000000504. The van der Waals surface area contributed by atoms with E-state index >= 15 is 0 Å². The molecule has 0 aromatic carbocycles. The number of ketones is 2. The van der Waals surface area contributed by atoms with E-state index in [9.17, 15) is 19.2 Å². The second-order valence-electron chi connectivity index (χ2n) is 4.46. The van der Waals surface area contributed by atoms with Crippen LogP contribution >= 0.6 is 22.7 Å². The van der Waals surface area contributed by atoms with Crippen LogP contribution in [0, 0.1) is 0 Å². The summed E-state index contributed by atoms with van der Waals surface area (Å²) in [6.07, 6.45) is 0. The summed E-state index contributed by atoms with van der Waals surface area (Å²) in [5.74, 6) is -3.22. The number of nitrogens with one attached hydrogen (secondary N) is 1. The fraction of sp³-hybridized carbons (Fsp3) is 0.375. The van der Waals surface area contributed by atoms with Crippen LogP contribution in [0.15, 0.2) is 10.8 Å². The van der Waals surface area contributed by atoms with Crippen LogP contribution in [0.1, 0.15) is 42.3 Å². The molecule has 0 saturated heterocycles. The number of carbonyl (C=O) groups excluding carboxylic acids is 4. The Morgan fingerprint density at radius 1 is 0.964 bits per heavy atom. The Hall–Kier alpha value is -2.86. The summed E-state index contributed by atoms with van der Waals surface area (Å²) in [4.78, 5) is 51.9. The average Bonchev–Trinajstić information content (AvgIpc) is 3.30.